The first kappa shape index (κ1) is 7.22. The zero-order valence-corrected chi connectivity index (χ0v) is 5.64. The molecule has 0 spiro atoms. The lowest BCUT2D eigenvalue weighted by molar-refractivity contribution is 0.330. The molecular formula is C7H5N3O. The average molecular weight is 147 g/mol. The highest BCUT2D eigenvalue weighted by atomic mass is 16.6. The van der Waals surface area contributed by atoms with Crippen molar-refractivity contribution in [3.05, 3.63) is 24.4 Å². The topological polar surface area (TPSA) is 58.3 Å². The molecule has 0 aliphatic carbocycles. The maximum atomic E-state index is 8.04. The fourth-order valence-corrected chi connectivity index (χ4v) is 0.505. The molecule has 0 fully saturated rings. The van der Waals surface area contributed by atoms with Gasteiger partial charge in [-0.25, -0.2) is 4.98 Å². The summed E-state index contributed by atoms with van der Waals surface area (Å²) in [6.45, 7) is 0. The Morgan fingerprint density at radius 1 is 1.64 bits per heavy atom. The summed E-state index contributed by atoms with van der Waals surface area (Å²) in [4.78, 5) is 8.49. The average Bonchev–Trinajstić information content (AvgIpc) is 2.07. The summed E-state index contributed by atoms with van der Waals surface area (Å²) >= 11 is 0. The molecule has 1 aromatic rings. The Bertz CT molecular complexity index is 275. The van der Waals surface area contributed by atoms with E-state index in [1.165, 1.54) is 0 Å². The van der Waals surface area contributed by atoms with Crippen LogP contribution in [0.15, 0.2) is 29.6 Å². The van der Waals surface area contributed by atoms with E-state index in [9.17, 15) is 0 Å². The first-order valence-electron chi connectivity index (χ1n) is 2.93. The van der Waals surface area contributed by atoms with E-state index < -0.39 is 0 Å². The molecule has 0 saturated heterocycles. The minimum Gasteiger partial charge on any atom is -0.336 e. The van der Waals surface area contributed by atoms with E-state index in [4.69, 9.17) is 5.26 Å². The van der Waals surface area contributed by atoms with Crippen molar-refractivity contribution in [3.63, 3.8) is 0 Å². The van der Waals surface area contributed by atoms with Crippen LogP contribution in [-0.2, 0) is 0 Å². The highest BCUT2D eigenvalue weighted by Gasteiger charge is 1.87. The number of nitrogens with zero attached hydrogens (tertiary/aromatic N) is 3. The lowest BCUT2D eigenvalue weighted by Gasteiger charge is -1.91. The smallest absolute Gasteiger partial charge is 0.248 e. The Morgan fingerprint density at radius 2 is 2.55 bits per heavy atom. The van der Waals surface area contributed by atoms with Gasteiger partial charge in [-0.05, 0) is 6.07 Å². The quantitative estimate of drug-likeness (QED) is 0.462. The minimum absolute atomic E-state index is 0.374. The van der Waals surface area contributed by atoms with Crippen molar-refractivity contribution in [2.75, 3.05) is 0 Å². The van der Waals surface area contributed by atoms with Crippen LogP contribution in [0.25, 0.3) is 0 Å². The van der Waals surface area contributed by atoms with Crippen molar-refractivity contribution in [1.29, 1.82) is 5.26 Å². The van der Waals surface area contributed by atoms with Crippen LogP contribution in [-0.4, -0.2) is 11.2 Å². The van der Waals surface area contributed by atoms with Crippen molar-refractivity contribution in [2.24, 2.45) is 5.16 Å². The third-order valence-electron chi connectivity index (χ3n) is 0.894. The first-order valence-corrected chi connectivity index (χ1v) is 2.93. The number of hydrogen-bond acceptors (Lipinski definition) is 4. The zero-order chi connectivity index (χ0) is 7.94. The van der Waals surface area contributed by atoms with E-state index in [2.05, 4.69) is 15.0 Å². The van der Waals surface area contributed by atoms with Gasteiger partial charge in [0.2, 0.25) is 5.88 Å². The zero-order valence-electron chi connectivity index (χ0n) is 5.64. The van der Waals surface area contributed by atoms with Crippen molar-refractivity contribution in [2.45, 2.75) is 0 Å². The maximum absolute atomic E-state index is 8.04. The number of rotatable bonds is 2. The Balaban J connectivity index is 2.53. The Hall–Kier alpha value is -1.89. The Labute approximate surface area is 63.7 Å². The van der Waals surface area contributed by atoms with Gasteiger partial charge in [0, 0.05) is 12.3 Å². The van der Waals surface area contributed by atoms with E-state index in [1.807, 2.05) is 0 Å². The molecule has 0 aromatic carbocycles. The van der Waals surface area contributed by atoms with Gasteiger partial charge in [-0.2, -0.15) is 5.26 Å². The standard InChI is InChI=1S/C7H5N3O/c8-4-6-10-11-7-3-1-2-5-9-7/h1-3,5-6H. The van der Waals surface area contributed by atoms with Gasteiger partial charge in [0.1, 0.15) is 12.3 Å². The molecule has 0 saturated carbocycles. The van der Waals surface area contributed by atoms with Crippen molar-refractivity contribution >= 4 is 6.21 Å². The van der Waals surface area contributed by atoms with Crippen molar-refractivity contribution in [3.8, 4) is 11.9 Å². The van der Waals surface area contributed by atoms with E-state index in [0.717, 1.165) is 6.21 Å². The molecule has 4 nitrogen and oxygen atoms in total. The second-order valence-electron chi connectivity index (χ2n) is 1.62. The monoisotopic (exact) mass is 147 g/mol. The molecule has 1 aromatic heterocycles. The van der Waals surface area contributed by atoms with Crippen molar-refractivity contribution in [1.82, 2.24) is 4.98 Å². The summed E-state index contributed by atoms with van der Waals surface area (Å²) in [6.07, 6.45) is 2.58. The van der Waals surface area contributed by atoms with Crippen LogP contribution in [0.5, 0.6) is 5.88 Å². The fourth-order valence-electron chi connectivity index (χ4n) is 0.505. The van der Waals surface area contributed by atoms with Crippen LogP contribution in [0.3, 0.4) is 0 Å². The van der Waals surface area contributed by atoms with Gasteiger partial charge < -0.3 is 4.84 Å². The van der Waals surface area contributed by atoms with Crippen LogP contribution < -0.4 is 4.84 Å². The fraction of sp³-hybridized carbons (Fsp3) is 0. The summed E-state index contributed by atoms with van der Waals surface area (Å²) in [5.74, 6) is 0.374. The second-order valence-corrected chi connectivity index (χ2v) is 1.62. The molecule has 0 bridgehead atoms. The predicted octanol–water partition coefficient (Wildman–Crippen LogP) is 0.970. The van der Waals surface area contributed by atoms with Crippen molar-refractivity contribution < 1.29 is 4.84 Å². The predicted molar refractivity (Wildman–Crippen MR) is 39.0 cm³/mol. The molecule has 0 atom stereocenters. The highest BCUT2D eigenvalue weighted by Crippen LogP contribution is 2.02. The minimum atomic E-state index is 0.374. The van der Waals surface area contributed by atoms with Gasteiger partial charge in [0.15, 0.2) is 0 Å². The number of aromatic nitrogens is 1. The SMILES string of the molecule is N#CC=NOc1ccccn1. The second kappa shape index (κ2) is 4.01. The summed E-state index contributed by atoms with van der Waals surface area (Å²) in [7, 11) is 0. The maximum Gasteiger partial charge on any atom is 0.248 e. The Morgan fingerprint density at radius 3 is 3.18 bits per heavy atom. The van der Waals surface area contributed by atoms with Gasteiger partial charge in [-0.1, -0.05) is 11.2 Å². The van der Waals surface area contributed by atoms with Gasteiger partial charge >= 0.3 is 0 Å². The van der Waals surface area contributed by atoms with E-state index in [1.54, 1.807) is 30.5 Å². The third-order valence-corrected chi connectivity index (χ3v) is 0.894. The summed E-state index contributed by atoms with van der Waals surface area (Å²) in [5, 5.41) is 11.4. The summed E-state index contributed by atoms with van der Waals surface area (Å²) in [6, 6.07) is 6.87. The lowest BCUT2D eigenvalue weighted by Crippen LogP contribution is -1.85. The number of hydrogen-bond donors (Lipinski definition) is 0. The van der Waals surface area contributed by atoms with Crippen LogP contribution >= 0.6 is 0 Å². The molecule has 0 aliphatic rings. The highest BCUT2D eigenvalue weighted by molar-refractivity contribution is 5.74. The van der Waals surface area contributed by atoms with Gasteiger partial charge in [0.25, 0.3) is 0 Å². The third kappa shape index (κ3) is 2.45. The molecule has 0 radical (unpaired) electrons. The molecule has 0 aliphatic heterocycles. The van der Waals surface area contributed by atoms with Crippen LogP contribution in [0.4, 0.5) is 0 Å². The number of oxime groups is 1. The van der Waals surface area contributed by atoms with E-state index in [0.29, 0.717) is 5.88 Å². The normalized spacial score (nSPS) is 9.36. The number of nitriles is 1. The van der Waals surface area contributed by atoms with Gasteiger partial charge in [-0.15, -0.1) is 0 Å². The van der Waals surface area contributed by atoms with Crippen LogP contribution in [0.2, 0.25) is 0 Å². The molecule has 0 N–H and O–H groups in total. The van der Waals surface area contributed by atoms with Gasteiger partial charge in [-0.3, -0.25) is 0 Å². The van der Waals surface area contributed by atoms with E-state index in [-0.39, 0.29) is 0 Å². The van der Waals surface area contributed by atoms with Gasteiger partial charge in [0.05, 0.1) is 0 Å². The largest absolute Gasteiger partial charge is 0.336 e. The molecule has 1 rings (SSSR count). The first-order chi connectivity index (χ1) is 5.43. The molecule has 54 valence electrons. The number of pyridine rings is 1. The molecule has 4 heteroatoms. The summed E-state index contributed by atoms with van der Waals surface area (Å²) in [5.41, 5.74) is 0. The van der Waals surface area contributed by atoms with Crippen LogP contribution in [0.1, 0.15) is 0 Å². The molecular weight excluding hydrogens is 142 g/mol. The molecule has 11 heavy (non-hydrogen) atoms. The summed E-state index contributed by atoms with van der Waals surface area (Å²) < 4.78 is 0. The van der Waals surface area contributed by atoms with E-state index >= 15 is 0 Å². The Kier molecular flexibility index (Phi) is 2.63. The molecule has 0 amide bonds. The molecule has 1 heterocycles. The molecule has 0 unspecified atom stereocenters. The van der Waals surface area contributed by atoms with Crippen LogP contribution in [0, 0.1) is 11.3 Å². The lowest BCUT2D eigenvalue weighted by atomic mass is 10.5.